The van der Waals surface area contributed by atoms with Crippen molar-refractivity contribution in [3.05, 3.63) is 29.8 Å². The van der Waals surface area contributed by atoms with Crippen molar-refractivity contribution in [3.8, 4) is 5.75 Å². The van der Waals surface area contributed by atoms with Crippen molar-refractivity contribution >= 4 is 18.3 Å². The molecule has 1 amide bonds. The summed E-state index contributed by atoms with van der Waals surface area (Å²) < 4.78 is 6.00. The van der Waals surface area contributed by atoms with Gasteiger partial charge in [0.15, 0.2) is 0 Å². The number of ether oxygens (including phenoxy) is 1. The van der Waals surface area contributed by atoms with Crippen LogP contribution in [0, 0.1) is 12.3 Å². The molecule has 1 atom stereocenters. The zero-order valence-corrected chi connectivity index (χ0v) is 15.4. The lowest BCUT2D eigenvalue weighted by Gasteiger charge is -2.36. The van der Waals surface area contributed by atoms with Crippen LogP contribution in [0.15, 0.2) is 24.3 Å². The highest BCUT2D eigenvalue weighted by atomic mass is 35.5. The summed E-state index contributed by atoms with van der Waals surface area (Å²) in [6, 6.07) is 7.67. The molecule has 1 saturated heterocycles. The predicted molar refractivity (Wildman–Crippen MR) is 96.1 cm³/mol. The molecule has 0 aromatic heterocycles. The Bertz CT molecular complexity index is 503. The molecule has 0 spiro atoms. The number of amides is 1. The molecule has 1 aromatic rings. The fraction of sp³-hybridized carbons (Fsp3) is 0.611. The predicted octanol–water partition coefficient (Wildman–Crippen LogP) is 3.16. The highest BCUT2D eigenvalue weighted by Gasteiger charge is 2.33. The van der Waals surface area contributed by atoms with Gasteiger partial charge in [0.25, 0.3) is 0 Å². The lowest BCUT2D eigenvalue weighted by molar-refractivity contribution is -0.136. The Kier molecular flexibility index (Phi) is 6.90. The van der Waals surface area contributed by atoms with Gasteiger partial charge in [-0.15, -0.1) is 12.4 Å². The van der Waals surface area contributed by atoms with Crippen molar-refractivity contribution in [1.29, 1.82) is 0 Å². The minimum Gasteiger partial charge on any atom is -0.490 e. The lowest BCUT2D eigenvalue weighted by atomic mass is 9.86. The Hall–Kier alpha value is -1.26. The van der Waals surface area contributed by atoms with Gasteiger partial charge in [0.2, 0.25) is 5.91 Å². The van der Waals surface area contributed by atoms with Crippen LogP contribution >= 0.6 is 12.4 Å². The molecular formula is C18H29ClN2O2. The van der Waals surface area contributed by atoms with Crippen LogP contribution in [-0.2, 0) is 4.79 Å². The van der Waals surface area contributed by atoms with Gasteiger partial charge < -0.3 is 15.4 Å². The fourth-order valence-electron chi connectivity index (χ4n) is 2.57. The van der Waals surface area contributed by atoms with Gasteiger partial charge in [-0.05, 0) is 24.5 Å². The highest BCUT2D eigenvalue weighted by molar-refractivity contribution is 5.85. The van der Waals surface area contributed by atoms with E-state index in [0.717, 1.165) is 31.7 Å². The number of aryl methyl sites for hydroxylation is 1. The molecule has 0 saturated carbocycles. The number of hydrogen-bond acceptors (Lipinski definition) is 3. The first-order valence-electron chi connectivity index (χ1n) is 8.05. The monoisotopic (exact) mass is 340 g/mol. The largest absolute Gasteiger partial charge is 0.490 e. The molecule has 130 valence electrons. The van der Waals surface area contributed by atoms with E-state index < -0.39 is 6.04 Å². The van der Waals surface area contributed by atoms with E-state index in [4.69, 9.17) is 10.5 Å². The van der Waals surface area contributed by atoms with E-state index >= 15 is 0 Å². The zero-order chi connectivity index (χ0) is 16.3. The van der Waals surface area contributed by atoms with E-state index in [1.54, 1.807) is 0 Å². The summed E-state index contributed by atoms with van der Waals surface area (Å²) >= 11 is 0. The number of benzene rings is 1. The maximum absolute atomic E-state index is 12.4. The van der Waals surface area contributed by atoms with Gasteiger partial charge in [0.1, 0.15) is 11.9 Å². The summed E-state index contributed by atoms with van der Waals surface area (Å²) in [4.78, 5) is 14.3. The minimum absolute atomic E-state index is 0. The second kappa shape index (κ2) is 8.02. The Balaban J connectivity index is 0.00000264. The summed E-state index contributed by atoms with van der Waals surface area (Å²) in [5.74, 6) is 0.961. The number of piperidine rings is 1. The molecule has 1 aliphatic rings. The number of halogens is 1. The molecule has 1 heterocycles. The first-order valence-corrected chi connectivity index (χ1v) is 8.05. The molecule has 4 nitrogen and oxygen atoms in total. The van der Waals surface area contributed by atoms with Gasteiger partial charge in [-0.2, -0.15) is 0 Å². The molecule has 1 aliphatic heterocycles. The van der Waals surface area contributed by atoms with Crippen LogP contribution in [-0.4, -0.2) is 36.0 Å². The molecule has 0 aliphatic carbocycles. The zero-order valence-electron chi connectivity index (χ0n) is 14.5. The smallest absolute Gasteiger partial charge is 0.240 e. The van der Waals surface area contributed by atoms with Crippen molar-refractivity contribution < 1.29 is 9.53 Å². The fourth-order valence-corrected chi connectivity index (χ4v) is 2.57. The SMILES string of the molecule is Cc1ccc(OC2CCN(C(=O)[C@@H](N)C(C)(C)C)CC2)cc1.Cl. The Morgan fingerprint density at radius 1 is 1.22 bits per heavy atom. The minimum atomic E-state index is -0.443. The lowest BCUT2D eigenvalue weighted by Crippen LogP contribution is -2.53. The molecule has 0 radical (unpaired) electrons. The molecule has 0 unspecified atom stereocenters. The van der Waals surface area contributed by atoms with Crippen molar-refractivity contribution in [2.75, 3.05) is 13.1 Å². The Morgan fingerprint density at radius 2 is 1.74 bits per heavy atom. The third-order valence-electron chi connectivity index (χ3n) is 4.28. The van der Waals surface area contributed by atoms with Crippen LogP contribution in [0.4, 0.5) is 0 Å². The van der Waals surface area contributed by atoms with Crippen LogP contribution in [0.5, 0.6) is 5.75 Å². The molecule has 1 fully saturated rings. The van der Waals surface area contributed by atoms with E-state index in [9.17, 15) is 4.79 Å². The van der Waals surface area contributed by atoms with Crippen molar-refractivity contribution in [1.82, 2.24) is 4.90 Å². The second-order valence-electron chi connectivity index (χ2n) is 7.30. The summed E-state index contributed by atoms with van der Waals surface area (Å²) in [5, 5.41) is 0. The van der Waals surface area contributed by atoms with Gasteiger partial charge in [-0.1, -0.05) is 38.5 Å². The molecule has 2 rings (SSSR count). The second-order valence-corrected chi connectivity index (χ2v) is 7.30. The van der Waals surface area contributed by atoms with Crippen LogP contribution in [0.25, 0.3) is 0 Å². The normalized spacial score (nSPS) is 17.3. The number of rotatable bonds is 3. The van der Waals surface area contributed by atoms with Crippen molar-refractivity contribution in [3.63, 3.8) is 0 Å². The molecule has 0 bridgehead atoms. The van der Waals surface area contributed by atoms with Gasteiger partial charge in [-0.3, -0.25) is 4.79 Å². The number of nitrogens with zero attached hydrogens (tertiary/aromatic N) is 1. The number of likely N-dealkylation sites (tertiary alicyclic amines) is 1. The topological polar surface area (TPSA) is 55.6 Å². The van der Waals surface area contributed by atoms with E-state index in [1.807, 2.05) is 37.8 Å². The molecule has 5 heteroatoms. The molecule has 2 N–H and O–H groups in total. The first-order chi connectivity index (χ1) is 10.3. The Morgan fingerprint density at radius 3 is 2.22 bits per heavy atom. The van der Waals surface area contributed by atoms with E-state index in [2.05, 4.69) is 19.1 Å². The maximum Gasteiger partial charge on any atom is 0.240 e. The number of carbonyl (C=O) groups excluding carboxylic acids is 1. The first kappa shape index (κ1) is 19.8. The van der Waals surface area contributed by atoms with Crippen LogP contribution < -0.4 is 10.5 Å². The molecule has 1 aromatic carbocycles. The summed E-state index contributed by atoms with van der Waals surface area (Å²) in [6.07, 6.45) is 1.89. The average Bonchev–Trinajstić information content (AvgIpc) is 2.48. The van der Waals surface area contributed by atoms with Gasteiger partial charge in [0, 0.05) is 25.9 Å². The van der Waals surface area contributed by atoms with Crippen molar-refractivity contribution in [2.45, 2.75) is 52.7 Å². The van der Waals surface area contributed by atoms with Crippen LogP contribution in [0.2, 0.25) is 0 Å². The number of carbonyl (C=O) groups is 1. The van der Waals surface area contributed by atoms with Crippen LogP contribution in [0.1, 0.15) is 39.2 Å². The molecular weight excluding hydrogens is 312 g/mol. The van der Waals surface area contributed by atoms with E-state index in [1.165, 1.54) is 5.56 Å². The van der Waals surface area contributed by atoms with Gasteiger partial charge >= 0.3 is 0 Å². The summed E-state index contributed by atoms with van der Waals surface area (Å²) in [5.41, 5.74) is 7.10. The standard InChI is InChI=1S/C18H28N2O2.ClH/c1-13-5-7-14(8-6-13)22-15-9-11-20(12-10-15)17(21)16(19)18(2,3)4;/h5-8,15-16H,9-12,19H2,1-4H3;1H/t16-;/m1./s1. The summed E-state index contributed by atoms with van der Waals surface area (Å²) in [6.45, 7) is 9.51. The third-order valence-corrected chi connectivity index (χ3v) is 4.28. The summed E-state index contributed by atoms with van der Waals surface area (Å²) in [7, 11) is 0. The van der Waals surface area contributed by atoms with E-state index in [-0.39, 0.29) is 29.8 Å². The quantitative estimate of drug-likeness (QED) is 0.919. The van der Waals surface area contributed by atoms with Crippen molar-refractivity contribution in [2.24, 2.45) is 11.1 Å². The highest BCUT2D eigenvalue weighted by Crippen LogP contribution is 2.23. The average molecular weight is 341 g/mol. The van der Waals surface area contributed by atoms with Gasteiger partial charge in [0.05, 0.1) is 6.04 Å². The number of nitrogens with two attached hydrogens (primary N) is 1. The van der Waals surface area contributed by atoms with E-state index in [0.29, 0.717) is 0 Å². The third kappa shape index (κ3) is 5.40. The Labute approximate surface area is 145 Å². The maximum atomic E-state index is 12.4. The van der Waals surface area contributed by atoms with Gasteiger partial charge in [-0.25, -0.2) is 0 Å². The number of hydrogen-bond donors (Lipinski definition) is 1. The van der Waals surface area contributed by atoms with Crippen LogP contribution in [0.3, 0.4) is 0 Å². The molecule has 23 heavy (non-hydrogen) atoms.